The molecule has 0 unspecified atom stereocenters. The predicted octanol–water partition coefficient (Wildman–Crippen LogP) is 3.28. The van der Waals surface area contributed by atoms with Crippen LogP contribution in [0, 0.1) is 0 Å². The maximum absolute atomic E-state index is 3.49. The number of benzene rings is 1. The molecule has 0 amide bonds. The lowest BCUT2D eigenvalue weighted by atomic mass is 10.2. The number of nitrogens with one attached hydrogen (secondary N) is 2. The van der Waals surface area contributed by atoms with E-state index in [1.165, 1.54) is 23.3 Å². The van der Waals surface area contributed by atoms with E-state index in [4.69, 9.17) is 0 Å². The van der Waals surface area contributed by atoms with E-state index in [-0.39, 0.29) is 0 Å². The van der Waals surface area contributed by atoms with Gasteiger partial charge in [0.15, 0.2) is 0 Å². The molecular formula is C15H26N2S. The van der Waals surface area contributed by atoms with Gasteiger partial charge in [0.25, 0.3) is 0 Å². The molecule has 1 aromatic carbocycles. The van der Waals surface area contributed by atoms with E-state index in [1.54, 1.807) is 0 Å². The molecule has 0 aliphatic rings. The quantitative estimate of drug-likeness (QED) is 0.530. The van der Waals surface area contributed by atoms with Gasteiger partial charge in [-0.15, -0.1) is 11.8 Å². The minimum atomic E-state index is 0.654. The highest BCUT2D eigenvalue weighted by Crippen LogP contribution is 2.22. The topological polar surface area (TPSA) is 24.1 Å². The molecule has 0 saturated carbocycles. The van der Waals surface area contributed by atoms with Gasteiger partial charge in [-0.05, 0) is 50.7 Å². The lowest BCUT2D eigenvalue weighted by Gasteiger charge is -2.07. The Labute approximate surface area is 116 Å². The van der Waals surface area contributed by atoms with Gasteiger partial charge in [-0.1, -0.05) is 26.0 Å². The first-order valence-corrected chi connectivity index (χ1v) is 7.71. The van der Waals surface area contributed by atoms with Crippen LogP contribution in [0.25, 0.3) is 0 Å². The highest BCUT2D eigenvalue weighted by molar-refractivity contribution is 7.99. The van der Waals surface area contributed by atoms with Crippen molar-refractivity contribution in [1.82, 2.24) is 10.6 Å². The molecule has 0 radical (unpaired) electrons. The standard InChI is InChI=1S/C15H26N2S/c1-13(2)18-15-8-6-14(7-9-15)12-17-11-5-4-10-16-3/h6-9,13,16-17H,4-5,10-12H2,1-3H3. The lowest BCUT2D eigenvalue weighted by Crippen LogP contribution is -2.16. The van der Waals surface area contributed by atoms with Crippen molar-refractivity contribution in [3.05, 3.63) is 29.8 Å². The summed E-state index contributed by atoms with van der Waals surface area (Å²) >= 11 is 1.92. The number of thioether (sulfide) groups is 1. The van der Waals surface area contributed by atoms with E-state index in [9.17, 15) is 0 Å². The van der Waals surface area contributed by atoms with Crippen LogP contribution in [0.2, 0.25) is 0 Å². The zero-order chi connectivity index (χ0) is 13.2. The third-order valence-corrected chi connectivity index (χ3v) is 3.67. The zero-order valence-corrected chi connectivity index (χ0v) is 12.6. The van der Waals surface area contributed by atoms with Gasteiger partial charge in [0.1, 0.15) is 0 Å². The van der Waals surface area contributed by atoms with Crippen molar-refractivity contribution in [3.63, 3.8) is 0 Å². The van der Waals surface area contributed by atoms with Gasteiger partial charge in [-0.3, -0.25) is 0 Å². The van der Waals surface area contributed by atoms with Crippen LogP contribution >= 0.6 is 11.8 Å². The van der Waals surface area contributed by atoms with E-state index in [1.807, 2.05) is 18.8 Å². The summed E-state index contributed by atoms with van der Waals surface area (Å²) in [5, 5.41) is 7.31. The van der Waals surface area contributed by atoms with Crippen LogP contribution in [-0.4, -0.2) is 25.4 Å². The molecule has 0 spiro atoms. The Morgan fingerprint density at radius 2 is 1.72 bits per heavy atom. The van der Waals surface area contributed by atoms with E-state index in [0.29, 0.717) is 5.25 Å². The molecule has 1 rings (SSSR count). The van der Waals surface area contributed by atoms with Gasteiger partial charge in [-0.25, -0.2) is 0 Å². The zero-order valence-electron chi connectivity index (χ0n) is 11.8. The molecule has 0 aliphatic carbocycles. The second-order valence-corrected chi connectivity index (χ2v) is 6.45. The van der Waals surface area contributed by atoms with Crippen LogP contribution in [0.4, 0.5) is 0 Å². The van der Waals surface area contributed by atoms with E-state index < -0.39 is 0 Å². The van der Waals surface area contributed by atoms with Crippen molar-refractivity contribution in [3.8, 4) is 0 Å². The summed E-state index contributed by atoms with van der Waals surface area (Å²) in [4.78, 5) is 1.36. The molecule has 0 saturated heterocycles. The Bertz CT molecular complexity index is 309. The van der Waals surface area contributed by atoms with E-state index >= 15 is 0 Å². The normalized spacial score (nSPS) is 11.1. The Morgan fingerprint density at radius 3 is 2.33 bits per heavy atom. The van der Waals surface area contributed by atoms with Crippen molar-refractivity contribution in [2.45, 2.75) is 43.4 Å². The average molecular weight is 266 g/mol. The summed E-state index contributed by atoms with van der Waals surface area (Å²) < 4.78 is 0. The van der Waals surface area contributed by atoms with Crippen molar-refractivity contribution >= 4 is 11.8 Å². The minimum Gasteiger partial charge on any atom is -0.320 e. The van der Waals surface area contributed by atoms with Crippen LogP contribution in [0.3, 0.4) is 0 Å². The molecule has 0 atom stereocenters. The summed E-state index contributed by atoms with van der Waals surface area (Å²) in [6, 6.07) is 8.90. The number of rotatable bonds is 9. The molecule has 2 nitrogen and oxygen atoms in total. The Balaban J connectivity index is 2.18. The third-order valence-electron chi connectivity index (χ3n) is 2.65. The van der Waals surface area contributed by atoms with Gasteiger partial charge < -0.3 is 10.6 Å². The second-order valence-electron chi connectivity index (χ2n) is 4.80. The first kappa shape index (κ1) is 15.5. The molecule has 18 heavy (non-hydrogen) atoms. The highest BCUT2D eigenvalue weighted by atomic mass is 32.2. The molecule has 0 bridgehead atoms. The molecule has 2 N–H and O–H groups in total. The first-order valence-electron chi connectivity index (χ1n) is 6.83. The fraction of sp³-hybridized carbons (Fsp3) is 0.600. The molecular weight excluding hydrogens is 240 g/mol. The van der Waals surface area contributed by atoms with Gasteiger partial charge in [-0.2, -0.15) is 0 Å². The predicted molar refractivity (Wildman–Crippen MR) is 82.3 cm³/mol. The third kappa shape index (κ3) is 7.04. The molecule has 0 aliphatic heterocycles. The van der Waals surface area contributed by atoms with Crippen molar-refractivity contribution in [1.29, 1.82) is 0 Å². The Hall–Kier alpha value is -0.510. The minimum absolute atomic E-state index is 0.654. The average Bonchev–Trinajstić information content (AvgIpc) is 2.35. The SMILES string of the molecule is CNCCCCNCc1ccc(SC(C)C)cc1. The van der Waals surface area contributed by atoms with E-state index in [2.05, 4.69) is 48.7 Å². The smallest absolute Gasteiger partial charge is 0.0205 e. The van der Waals surface area contributed by atoms with E-state index in [0.717, 1.165) is 19.6 Å². The fourth-order valence-corrected chi connectivity index (χ4v) is 2.58. The summed E-state index contributed by atoms with van der Waals surface area (Å²) in [6.07, 6.45) is 2.48. The Morgan fingerprint density at radius 1 is 1.06 bits per heavy atom. The second kappa shape index (κ2) is 9.42. The molecule has 0 fully saturated rings. The summed E-state index contributed by atoms with van der Waals surface area (Å²) in [7, 11) is 2.00. The van der Waals surface area contributed by atoms with Gasteiger partial charge in [0.05, 0.1) is 0 Å². The first-order chi connectivity index (χ1) is 8.72. The van der Waals surface area contributed by atoms with Crippen LogP contribution in [0.15, 0.2) is 29.2 Å². The van der Waals surface area contributed by atoms with Gasteiger partial charge >= 0.3 is 0 Å². The summed E-state index contributed by atoms with van der Waals surface area (Å²) in [5.74, 6) is 0. The van der Waals surface area contributed by atoms with Crippen LogP contribution in [0.1, 0.15) is 32.3 Å². The van der Waals surface area contributed by atoms with Crippen molar-refractivity contribution < 1.29 is 0 Å². The molecule has 102 valence electrons. The van der Waals surface area contributed by atoms with Crippen molar-refractivity contribution in [2.75, 3.05) is 20.1 Å². The number of unbranched alkanes of at least 4 members (excludes halogenated alkanes) is 1. The van der Waals surface area contributed by atoms with Crippen LogP contribution in [-0.2, 0) is 6.54 Å². The van der Waals surface area contributed by atoms with Crippen LogP contribution in [0.5, 0.6) is 0 Å². The molecule has 1 aromatic rings. The fourth-order valence-electron chi connectivity index (χ4n) is 1.74. The van der Waals surface area contributed by atoms with Gasteiger partial charge in [0, 0.05) is 16.7 Å². The summed E-state index contributed by atoms with van der Waals surface area (Å²) in [5.41, 5.74) is 1.37. The monoisotopic (exact) mass is 266 g/mol. The number of hydrogen-bond donors (Lipinski definition) is 2. The van der Waals surface area contributed by atoms with Crippen LogP contribution < -0.4 is 10.6 Å². The number of hydrogen-bond acceptors (Lipinski definition) is 3. The molecule has 3 heteroatoms. The molecule has 0 heterocycles. The maximum Gasteiger partial charge on any atom is 0.0205 e. The largest absolute Gasteiger partial charge is 0.320 e. The Kier molecular flexibility index (Phi) is 8.14. The van der Waals surface area contributed by atoms with Crippen molar-refractivity contribution in [2.24, 2.45) is 0 Å². The highest BCUT2D eigenvalue weighted by Gasteiger charge is 1.98. The van der Waals surface area contributed by atoms with Gasteiger partial charge in [0.2, 0.25) is 0 Å². The lowest BCUT2D eigenvalue weighted by molar-refractivity contribution is 0.605. The maximum atomic E-state index is 3.49. The summed E-state index contributed by atoms with van der Waals surface area (Å²) in [6.45, 7) is 7.65. The molecule has 0 aromatic heterocycles.